The summed E-state index contributed by atoms with van der Waals surface area (Å²) >= 11 is 18.1. The van der Waals surface area contributed by atoms with Crippen molar-refractivity contribution in [2.24, 2.45) is 0 Å². The van der Waals surface area contributed by atoms with Crippen molar-refractivity contribution >= 4 is 56.4 Å². The number of hydrogen-bond acceptors (Lipinski definition) is 3. The molecule has 0 aliphatic heterocycles. The van der Waals surface area contributed by atoms with Crippen molar-refractivity contribution in [1.82, 2.24) is 4.72 Å². The summed E-state index contributed by atoms with van der Waals surface area (Å²) in [5, 5.41) is 3.56. The first-order chi connectivity index (χ1) is 14.5. The van der Waals surface area contributed by atoms with Crippen LogP contribution in [-0.4, -0.2) is 14.3 Å². The van der Waals surface area contributed by atoms with E-state index < -0.39 is 15.9 Å². The molecule has 0 aliphatic carbocycles. The number of sulfonamides is 1. The van der Waals surface area contributed by atoms with Crippen LogP contribution in [-0.2, 0) is 16.6 Å². The fourth-order valence-electron chi connectivity index (χ4n) is 3.02. The maximum atomic E-state index is 12.8. The van der Waals surface area contributed by atoms with Crippen molar-refractivity contribution in [2.75, 3.05) is 5.32 Å². The Kier molecular flexibility index (Phi) is 7.29. The molecule has 0 aliphatic rings. The number of halogens is 3. The largest absolute Gasteiger partial charge is 0.322 e. The van der Waals surface area contributed by atoms with E-state index in [2.05, 4.69) is 10.0 Å². The van der Waals surface area contributed by atoms with Crippen LogP contribution in [0.3, 0.4) is 0 Å². The van der Waals surface area contributed by atoms with Gasteiger partial charge in [0, 0.05) is 27.8 Å². The lowest BCUT2D eigenvalue weighted by Gasteiger charge is -2.12. The van der Waals surface area contributed by atoms with E-state index >= 15 is 0 Å². The SMILES string of the molecule is Cc1cc(C)cc(NC(=O)c2ccc(Cl)c(S(=O)(=O)NCc3ccc(Cl)cc3Cl)c2)c1. The normalized spacial score (nSPS) is 11.4. The number of aryl methyl sites for hydroxylation is 2. The van der Waals surface area contributed by atoms with Gasteiger partial charge in [-0.2, -0.15) is 0 Å². The van der Waals surface area contributed by atoms with Gasteiger partial charge in [0.25, 0.3) is 5.91 Å². The van der Waals surface area contributed by atoms with Gasteiger partial charge in [-0.3, -0.25) is 4.79 Å². The zero-order chi connectivity index (χ0) is 22.8. The second kappa shape index (κ2) is 9.59. The summed E-state index contributed by atoms with van der Waals surface area (Å²) in [6.45, 7) is 3.79. The second-order valence-corrected chi connectivity index (χ2v) is 10.0. The third-order valence-corrected chi connectivity index (χ3v) is 6.90. The molecule has 31 heavy (non-hydrogen) atoms. The molecule has 0 aromatic heterocycles. The Morgan fingerprint density at radius 1 is 0.871 bits per heavy atom. The van der Waals surface area contributed by atoms with E-state index in [0.717, 1.165) is 11.1 Å². The fraction of sp³-hybridized carbons (Fsp3) is 0.136. The van der Waals surface area contributed by atoms with Gasteiger partial charge in [-0.15, -0.1) is 0 Å². The molecule has 2 N–H and O–H groups in total. The summed E-state index contributed by atoms with van der Waals surface area (Å²) in [7, 11) is -4.01. The van der Waals surface area contributed by atoms with Gasteiger partial charge in [0.05, 0.1) is 5.02 Å². The Balaban J connectivity index is 1.82. The van der Waals surface area contributed by atoms with Crippen LogP contribution in [0, 0.1) is 13.8 Å². The number of amides is 1. The molecule has 1 amide bonds. The highest BCUT2D eigenvalue weighted by atomic mass is 35.5. The topological polar surface area (TPSA) is 75.3 Å². The summed E-state index contributed by atoms with van der Waals surface area (Å²) in [6, 6.07) is 14.5. The average molecular weight is 498 g/mol. The minimum atomic E-state index is -4.01. The molecule has 0 fully saturated rings. The van der Waals surface area contributed by atoms with E-state index in [1.54, 1.807) is 12.1 Å². The molecule has 0 atom stereocenters. The molecule has 3 aromatic carbocycles. The predicted octanol–water partition coefficient (Wildman–Crippen LogP) is 5.99. The third-order valence-electron chi connectivity index (χ3n) is 4.43. The molecule has 3 aromatic rings. The van der Waals surface area contributed by atoms with Crippen LogP contribution in [0.1, 0.15) is 27.0 Å². The minimum Gasteiger partial charge on any atom is -0.322 e. The van der Waals surface area contributed by atoms with Crippen molar-refractivity contribution in [3.05, 3.63) is 91.9 Å². The molecular weight excluding hydrogens is 479 g/mol. The molecule has 0 saturated heterocycles. The second-order valence-electron chi connectivity index (χ2n) is 7.04. The Bertz CT molecular complexity index is 1240. The van der Waals surface area contributed by atoms with Crippen LogP contribution < -0.4 is 10.0 Å². The first-order valence-corrected chi connectivity index (χ1v) is 11.8. The zero-order valence-corrected chi connectivity index (χ0v) is 19.8. The summed E-state index contributed by atoms with van der Waals surface area (Å²) in [5.74, 6) is -0.445. The summed E-state index contributed by atoms with van der Waals surface area (Å²) in [6.07, 6.45) is 0. The number of rotatable bonds is 6. The Hall–Kier alpha value is -2.09. The number of carbonyl (C=O) groups is 1. The van der Waals surface area contributed by atoms with Crippen LogP contribution in [0.5, 0.6) is 0 Å². The fourth-order valence-corrected chi connectivity index (χ4v) is 5.02. The average Bonchev–Trinajstić information content (AvgIpc) is 2.66. The zero-order valence-electron chi connectivity index (χ0n) is 16.7. The molecule has 9 heteroatoms. The molecule has 0 unspecified atom stereocenters. The quantitative estimate of drug-likeness (QED) is 0.439. The standard InChI is InChI=1S/C22H19Cl3N2O3S/c1-13-7-14(2)9-18(8-13)27-22(28)15-4-6-19(24)21(10-15)31(29,30)26-12-16-3-5-17(23)11-20(16)25/h3-11,26H,12H2,1-2H3,(H,27,28). The maximum Gasteiger partial charge on any atom is 0.255 e. The Morgan fingerprint density at radius 2 is 1.55 bits per heavy atom. The number of anilines is 1. The van der Waals surface area contributed by atoms with Gasteiger partial charge in [0.1, 0.15) is 4.90 Å². The van der Waals surface area contributed by atoms with E-state index in [1.807, 2.05) is 32.0 Å². The maximum absolute atomic E-state index is 12.8. The Morgan fingerprint density at radius 3 is 2.19 bits per heavy atom. The van der Waals surface area contributed by atoms with Gasteiger partial charge in [-0.05, 0) is 73.0 Å². The van der Waals surface area contributed by atoms with Gasteiger partial charge < -0.3 is 5.32 Å². The number of carbonyl (C=O) groups excluding carboxylic acids is 1. The van der Waals surface area contributed by atoms with Gasteiger partial charge in [0.2, 0.25) is 10.0 Å². The highest BCUT2D eigenvalue weighted by molar-refractivity contribution is 7.89. The van der Waals surface area contributed by atoms with Crippen LogP contribution in [0.15, 0.2) is 59.5 Å². The van der Waals surface area contributed by atoms with Crippen molar-refractivity contribution in [2.45, 2.75) is 25.3 Å². The molecule has 0 bridgehead atoms. The highest BCUT2D eigenvalue weighted by Gasteiger charge is 2.21. The summed E-state index contributed by atoms with van der Waals surface area (Å²) in [4.78, 5) is 12.5. The smallest absolute Gasteiger partial charge is 0.255 e. The molecule has 3 rings (SSSR count). The third kappa shape index (κ3) is 5.99. The molecule has 0 heterocycles. The molecule has 162 valence electrons. The van der Waals surface area contributed by atoms with E-state index in [4.69, 9.17) is 34.8 Å². The van der Waals surface area contributed by atoms with Crippen LogP contribution >= 0.6 is 34.8 Å². The highest BCUT2D eigenvalue weighted by Crippen LogP contribution is 2.25. The van der Waals surface area contributed by atoms with Gasteiger partial charge in [-0.25, -0.2) is 13.1 Å². The van der Waals surface area contributed by atoms with Crippen LogP contribution in [0.25, 0.3) is 0 Å². The van der Waals surface area contributed by atoms with E-state index in [1.165, 1.54) is 24.3 Å². The Labute approximate surface area is 196 Å². The lowest BCUT2D eigenvalue weighted by molar-refractivity contribution is 0.102. The van der Waals surface area contributed by atoms with E-state index in [0.29, 0.717) is 21.3 Å². The number of nitrogens with one attached hydrogen (secondary N) is 2. The van der Waals surface area contributed by atoms with E-state index in [9.17, 15) is 13.2 Å². The molecule has 0 saturated carbocycles. The van der Waals surface area contributed by atoms with Gasteiger partial charge in [-0.1, -0.05) is 46.9 Å². The summed E-state index contributed by atoms with van der Waals surface area (Å²) < 4.78 is 28.1. The van der Waals surface area contributed by atoms with Crippen molar-refractivity contribution < 1.29 is 13.2 Å². The molecule has 5 nitrogen and oxygen atoms in total. The first-order valence-electron chi connectivity index (χ1n) is 9.18. The van der Waals surface area contributed by atoms with Gasteiger partial charge in [0.15, 0.2) is 0 Å². The predicted molar refractivity (Wildman–Crippen MR) is 126 cm³/mol. The molecule has 0 radical (unpaired) electrons. The van der Waals surface area contributed by atoms with Crippen molar-refractivity contribution in [3.8, 4) is 0 Å². The monoisotopic (exact) mass is 496 g/mol. The van der Waals surface area contributed by atoms with Crippen LogP contribution in [0.2, 0.25) is 15.1 Å². The van der Waals surface area contributed by atoms with Crippen molar-refractivity contribution in [1.29, 1.82) is 0 Å². The minimum absolute atomic E-state index is 0.00217. The van der Waals surface area contributed by atoms with Gasteiger partial charge >= 0.3 is 0 Å². The van der Waals surface area contributed by atoms with E-state index in [-0.39, 0.29) is 22.0 Å². The number of hydrogen-bond donors (Lipinski definition) is 2. The lowest BCUT2D eigenvalue weighted by atomic mass is 10.1. The van der Waals surface area contributed by atoms with Crippen molar-refractivity contribution in [3.63, 3.8) is 0 Å². The molecule has 0 spiro atoms. The summed E-state index contributed by atoms with van der Waals surface area (Å²) in [5.41, 5.74) is 3.33. The lowest BCUT2D eigenvalue weighted by Crippen LogP contribution is -2.24. The molecular formula is C22H19Cl3N2O3S. The van der Waals surface area contributed by atoms with Crippen LogP contribution in [0.4, 0.5) is 5.69 Å². The first kappa shape index (κ1) is 23.6. The number of benzene rings is 3.